The smallest absolute Gasteiger partial charge is 0.332 e. The topological polar surface area (TPSA) is 92.8 Å². The van der Waals surface area contributed by atoms with Crippen molar-refractivity contribution in [1.82, 2.24) is 19.5 Å². The van der Waals surface area contributed by atoms with E-state index >= 15 is 0 Å². The highest BCUT2D eigenvalue weighted by Gasteiger charge is 2.14. The van der Waals surface area contributed by atoms with Crippen molar-refractivity contribution >= 4 is 11.2 Å². The van der Waals surface area contributed by atoms with Crippen molar-refractivity contribution < 1.29 is 4.74 Å². The van der Waals surface area contributed by atoms with Gasteiger partial charge in [-0.2, -0.15) is 0 Å². The Bertz CT molecular complexity index is 920. The normalized spacial score (nSPS) is 11.0. The van der Waals surface area contributed by atoms with Gasteiger partial charge >= 0.3 is 5.69 Å². The van der Waals surface area contributed by atoms with Gasteiger partial charge in [0.2, 0.25) is 0 Å². The predicted molar refractivity (Wildman–Crippen MR) is 78.2 cm³/mol. The standard InChI is InChI=1S/C14H14N4O3/c1-3-21-10-6-4-5-9(7-10)18-11-12(17-14(18)20)15-8(2)16-13(11)19/h4-7H,3H2,1-2H3,(H2,15,16,17,19,20). The Morgan fingerprint density at radius 3 is 2.86 bits per heavy atom. The number of aromatic nitrogens is 4. The van der Waals surface area contributed by atoms with Crippen LogP contribution in [0.2, 0.25) is 0 Å². The molecule has 0 fully saturated rings. The molecule has 21 heavy (non-hydrogen) atoms. The zero-order chi connectivity index (χ0) is 15.0. The van der Waals surface area contributed by atoms with Crippen LogP contribution in [0.5, 0.6) is 5.75 Å². The number of imidazole rings is 1. The van der Waals surface area contributed by atoms with E-state index in [0.29, 0.717) is 23.9 Å². The van der Waals surface area contributed by atoms with Gasteiger partial charge in [-0.15, -0.1) is 0 Å². The molecule has 2 heterocycles. The number of benzene rings is 1. The molecular formula is C14H14N4O3. The Labute approximate surface area is 119 Å². The maximum atomic E-state index is 12.1. The van der Waals surface area contributed by atoms with Gasteiger partial charge in [-0.1, -0.05) is 6.07 Å². The molecule has 0 spiro atoms. The Kier molecular flexibility index (Phi) is 3.09. The molecule has 2 aromatic heterocycles. The maximum absolute atomic E-state index is 12.1. The summed E-state index contributed by atoms with van der Waals surface area (Å²) in [5.74, 6) is 1.08. The highest BCUT2D eigenvalue weighted by molar-refractivity contribution is 5.72. The summed E-state index contributed by atoms with van der Waals surface area (Å²) in [6, 6.07) is 6.99. The molecule has 0 unspecified atom stereocenters. The van der Waals surface area contributed by atoms with Crippen molar-refractivity contribution in [2.45, 2.75) is 13.8 Å². The van der Waals surface area contributed by atoms with Crippen LogP contribution in [0.3, 0.4) is 0 Å². The van der Waals surface area contributed by atoms with Crippen molar-refractivity contribution in [2.24, 2.45) is 0 Å². The molecule has 0 amide bonds. The molecule has 108 valence electrons. The largest absolute Gasteiger partial charge is 0.494 e. The summed E-state index contributed by atoms with van der Waals surface area (Å²) < 4.78 is 6.71. The summed E-state index contributed by atoms with van der Waals surface area (Å²) in [6.45, 7) is 4.06. The number of aromatic amines is 2. The van der Waals surface area contributed by atoms with Crippen LogP contribution < -0.4 is 16.0 Å². The molecule has 1 aromatic carbocycles. The minimum atomic E-state index is -0.415. The lowest BCUT2D eigenvalue weighted by molar-refractivity contribution is 0.340. The Morgan fingerprint density at radius 1 is 1.29 bits per heavy atom. The number of hydrogen-bond donors (Lipinski definition) is 2. The number of H-pyrrole nitrogens is 2. The van der Waals surface area contributed by atoms with Crippen LogP contribution in [0.25, 0.3) is 16.9 Å². The summed E-state index contributed by atoms with van der Waals surface area (Å²) in [6.07, 6.45) is 0. The molecule has 0 aliphatic rings. The van der Waals surface area contributed by atoms with Crippen LogP contribution in [0.1, 0.15) is 12.7 Å². The third-order valence-electron chi connectivity index (χ3n) is 3.05. The molecule has 7 nitrogen and oxygen atoms in total. The maximum Gasteiger partial charge on any atom is 0.332 e. The van der Waals surface area contributed by atoms with E-state index in [1.165, 1.54) is 4.57 Å². The van der Waals surface area contributed by atoms with Gasteiger partial charge in [-0.3, -0.25) is 14.3 Å². The number of fused-ring (bicyclic) bond motifs is 1. The molecule has 3 aromatic rings. The Hall–Kier alpha value is -2.83. The van der Waals surface area contributed by atoms with E-state index in [0.717, 1.165) is 0 Å². The van der Waals surface area contributed by atoms with Crippen molar-refractivity contribution in [3.8, 4) is 11.4 Å². The molecular weight excluding hydrogens is 272 g/mol. The first-order valence-corrected chi connectivity index (χ1v) is 6.55. The number of nitrogens with one attached hydrogen (secondary N) is 2. The molecule has 7 heteroatoms. The number of aryl methyl sites for hydroxylation is 1. The summed E-state index contributed by atoms with van der Waals surface area (Å²) in [7, 11) is 0. The average molecular weight is 286 g/mol. The van der Waals surface area contributed by atoms with E-state index < -0.39 is 5.69 Å². The zero-order valence-electron chi connectivity index (χ0n) is 11.6. The number of nitrogens with zero attached hydrogens (tertiary/aromatic N) is 2. The fraction of sp³-hybridized carbons (Fsp3) is 0.214. The van der Waals surface area contributed by atoms with Crippen molar-refractivity contribution in [1.29, 1.82) is 0 Å². The molecule has 0 aliphatic carbocycles. The Morgan fingerprint density at radius 2 is 2.10 bits per heavy atom. The monoisotopic (exact) mass is 286 g/mol. The highest BCUT2D eigenvalue weighted by Crippen LogP contribution is 2.17. The number of rotatable bonds is 3. The third-order valence-corrected chi connectivity index (χ3v) is 3.05. The van der Waals surface area contributed by atoms with Gasteiger partial charge in [-0.25, -0.2) is 9.78 Å². The third kappa shape index (κ3) is 2.22. The lowest BCUT2D eigenvalue weighted by atomic mass is 10.3. The van der Waals surface area contributed by atoms with Gasteiger partial charge in [0, 0.05) is 6.07 Å². The van der Waals surface area contributed by atoms with Gasteiger partial charge < -0.3 is 9.72 Å². The Balaban J connectivity index is 2.30. The van der Waals surface area contributed by atoms with Crippen LogP contribution in [0, 0.1) is 6.92 Å². The van der Waals surface area contributed by atoms with Gasteiger partial charge in [0.1, 0.15) is 11.6 Å². The molecule has 3 rings (SSSR count). The van der Waals surface area contributed by atoms with Crippen LogP contribution >= 0.6 is 0 Å². The van der Waals surface area contributed by atoms with Gasteiger partial charge in [-0.05, 0) is 26.0 Å². The van der Waals surface area contributed by atoms with E-state index in [4.69, 9.17) is 4.74 Å². The zero-order valence-corrected chi connectivity index (χ0v) is 11.6. The van der Waals surface area contributed by atoms with Crippen LogP contribution in [-0.2, 0) is 0 Å². The first-order valence-electron chi connectivity index (χ1n) is 6.55. The molecule has 0 aliphatic heterocycles. The summed E-state index contributed by atoms with van der Waals surface area (Å²) in [5, 5.41) is 0. The van der Waals surface area contributed by atoms with Crippen LogP contribution in [-0.4, -0.2) is 26.1 Å². The van der Waals surface area contributed by atoms with E-state index in [9.17, 15) is 9.59 Å². The van der Waals surface area contributed by atoms with Gasteiger partial charge in [0.25, 0.3) is 5.56 Å². The molecule has 0 radical (unpaired) electrons. The molecule has 0 bridgehead atoms. The summed E-state index contributed by atoms with van der Waals surface area (Å²) >= 11 is 0. The fourth-order valence-corrected chi connectivity index (χ4v) is 2.26. The van der Waals surface area contributed by atoms with E-state index in [-0.39, 0.29) is 16.7 Å². The average Bonchev–Trinajstić information content (AvgIpc) is 2.75. The van der Waals surface area contributed by atoms with Crippen molar-refractivity contribution in [3.63, 3.8) is 0 Å². The van der Waals surface area contributed by atoms with E-state index in [1.807, 2.05) is 6.92 Å². The molecule has 0 saturated heterocycles. The molecule has 0 saturated carbocycles. The first kappa shape index (κ1) is 13.2. The second-order valence-corrected chi connectivity index (χ2v) is 4.54. The van der Waals surface area contributed by atoms with E-state index in [2.05, 4.69) is 15.0 Å². The predicted octanol–water partition coefficient (Wildman–Crippen LogP) is 1.11. The summed E-state index contributed by atoms with van der Waals surface area (Å²) in [5.41, 5.74) is 0.232. The SMILES string of the molecule is CCOc1cccc(-n2c(=O)[nH]c3nc(C)[nH]c(=O)c32)c1. The van der Waals surface area contributed by atoms with Gasteiger partial charge in [0.15, 0.2) is 11.2 Å². The molecule has 0 atom stereocenters. The van der Waals surface area contributed by atoms with Gasteiger partial charge in [0.05, 0.1) is 12.3 Å². The van der Waals surface area contributed by atoms with Crippen LogP contribution in [0.4, 0.5) is 0 Å². The fourth-order valence-electron chi connectivity index (χ4n) is 2.26. The van der Waals surface area contributed by atoms with Crippen molar-refractivity contribution in [2.75, 3.05) is 6.61 Å². The minimum Gasteiger partial charge on any atom is -0.494 e. The molecule has 2 N–H and O–H groups in total. The number of hydrogen-bond acceptors (Lipinski definition) is 4. The number of ether oxygens (including phenoxy) is 1. The second-order valence-electron chi connectivity index (χ2n) is 4.54. The second kappa shape index (κ2) is 4.93. The first-order chi connectivity index (χ1) is 10.1. The summed E-state index contributed by atoms with van der Waals surface area (Å²) in [4.78, 5) is 33.6. The van der Waals surface area contributed by atoms with E-state index in [1.54, 1.807) is 31.2 Å². The van der Waals surface area contributed by atoms with Crippen molar-refractivity contribution in [3.05, 3.63) is 50.9 Å². The van der Waals surface area contributed by atoms with Crippen LogP contribution in [0.15, 0.2) is 33.9 Å². The highest BCUT2D eigenvalue weighted by atomic mass is 16.5. The lowest BCUT2D eigenvalue weighted by Crippen LogP contribution is -2.19. The quantitative estimate of drug-likeness (QED) is 0.754. The lowest BCUT2D eigenvalue weighted by Gasteiger charge is -2.06. The minimum absolute atomic E-state index is 0.194.